The van der Waals surface area contributed by atoms with Crippen LogP contribution in [0.4, 0.5) is 0 Å². The molecule has 12 nitrogen and oxygen atoms in total. The lowest BCUT2D eigenvalue weighted by atomic mass is 9.85. The number of phosphoric acid groups is 1. The minimum Gasteiger partial charge on any atom is -0.457 e. The fourth-order valence-electron chi connectivity index (χ4n) is 7.42. The Bertz CT molecular complexity index is 1570. The van der Waals surface area contributed by atoms with Gasteiger partial charge >= 0.3 is 13.8 Å². The molecule has 0 aromatic carbocycles. The molecule has 6 unspecified atom stereocenters. The Morgan fingerprint density at radius 1 is 0.471 bits per heavy atom. The second kappa shape index (κ2) is 45.8. The Labute approximate surface area is 423 Å². The van der Waals surface area contributed by atoms with Crippen molar-refractivity contribution in [3.63, 3.8) is 0 Å². The molecule has 1 rings (SSSR count). The van der Waals surface area contributed by atoms with Crippen LogP contribution in [0, 0.1) is 0 Å². The number of aliphatic hydroxyl groups excluding tert-OH is 5. The highest BCUT2D eigenvalue weighted by atomic mass is 31.2. The monoisotopic (exact) mass is 1000 g/mol. The molecule has 0 bridgehead atoms. The van der Waals surface area contributed by atoms with Gasteiger partial charge in [-0.15, -0.1) is 0 Å². The summed E-state index contributed by atoms with van der Waals surface area (Å²) in [6.07, 6.45) is 52.9. The number of carbonyl (C=O) groups excluding carboxylic acids is 1. The van der Waals surface area contributed by atoms with E-state index in [1.165, 1.54) is 25.7 Å². The summed E-state index contributed by atoms with van der Waals surface area (Å²) in [7, 11) is -5.04. The Balaban J connectivity index is 2.37. The van der Waals surface area contributed by atoms with Crippen LogP contribution in [0.3, 0.4) is 0 Å². The first-order valence-electron chi connectivity index (χ1n) is 26.7. The Morgan fingerprint density at radius 2 is 0.843 bits per heavy atom. The standard InChI is InChI=1S/C57H95O12P/c1-3-5-7-9-11-13-15-17-19-21-23-24-25-26-27-29-31-33-35-37-39-41-43-45-47-66-48-50(49-67-70(64,65)69-57-55(62)53(60)52(59)54(61)56(57)63)68-51(58)46-44-42-40-38-36-34-32-30-28-22-20-18-16-14-12-10-8-6-4-2/h5,7,11-14,17-20,23-24,26-28,30-31,33,50,52-57,59-63H,3-4,6,8-10,15-16,21-22,25,29,32,34-49H2,1-2H3,(H,64,65)/b7-5-,13-11-,14-12-,19-17-,20-18-,24-23-,27-26-,30-28-,33-31-. The molecular weight excluding hydrogens is 908 g/mol. The van der Waals surface area contributed by atoms with E-state index in [0.717, 1.165) is 128 Å². The van der Waals surface area contributed by atoms with Gasteiger partial charge in [0.2, 0.25) is 0 Å². The quantitative estimate of drug-likeness (QED) is 0.0147. The number of aliphatic hydroxyl groups is 5. The van der Waals surface area contributed by atoms with E-state index in [4.69, 9.17) is 18.5 Å². The highest BCUT2D eigenvalue weighted by Gasteiger charge is 2.51. The van der Waals surface area contributed by atoms with Gasteiger partial charge in [0.1, 0.15) is 42.7 Å². The molecule has 0 aromatic rings. The molecule has 0 amide bonds. The SMILES string of the molecule is CC/C=C\C/C=C\C/C=C\C/C=C\C/C=C\C/C=C\CCCCCCCOCC(COP(=O)(O)OC1C(O)C(O)C(O)C(O)C1O)OC(=O)CCCCCCCC/C=C\C/C=C\C/C=C\CCCCC. The van der Waals surface area contributed by atoms with Crippen LogP contribution in [0.15, 0.2) is 109 Å². The molecule has 1 saturated carbocycles. The van der Waals surface area contributed by atoms with Crippen LogP contribution in [-0.4, -0.2) is 98.9 Å². The Kier molecular flexibility index (Phi) is 42.6. The van der Waals surface area contributed by atoms with Gasteiger partial charge in [-0.3, -0.25) is 13.8 Å². The second-order valence-corrected chi connectivity index (χ2v) is 19.4. The first-order valence-corrected chi connectivity index (χ1v) is 28.2. The van der Waals surface area contributed by atoms with E-state index in [9.17, 15) is 39.8 Å². The van der Waals surface area contributed by atoms with Crippen LogP contribution in [0.2, 0.25) is 0 Å². The van der Waals surface area contributed by atoms with Crippen molar-refractivity contribution in [2.24, 2.45) is 0 Å². The molecular formula is C57H95O12P. The summed E-state index contributed by atoms with van der Waals surface area (Å²) in [6.45, 7) is 4.05. The number of allylic oxidation sites excluding steroid dienone is 18. The molecule has 6 atom stereocenters. The topological polar surface area (TPSA) is 192 Å². The lowest BCUT2D eigenvalue weighted by Gasteiger charge is -2.41. The maximum absolute atomic E-state index is 12.9. The lowest BCUT2D eigenvalue weighted by molar-refractivity contribution is -0.220. The normalized spacial score (nSPS) is 21.8. The second-order valence-electron chi connectivity index (χ2n) is 18.0. The zero-order valence-electron chi connectivity index (χ0n) is 43.0. The van der Waals surface area contributed by atoms with Crippen LogP contribution in [0.5, 0.6) is 0 Å². The minimum atomic E-state index is -5.04. The number of hydrogen-bond donors (Lipinski definition) is 6. The third kappa shape index (κ3) is 36.8. The van der Waals surface area contributed by atoms with E-state index in [-0.39, 0.29) is 13.0 Å². The van der Waals surface area contributed by atoms with Gasteiger partial charge in [0.25, 0.3) is 0 Å². The predicted molar refractivity (Wildman–Crippen MR) is 285 cm³/mol. The van der Waals surface area contributed by atoms with Crippen molar-refractivity contribution >= 4 is 13.8 Å². The summed E-state index contributed by atoms with van der Waals surface area (Å²) < 4.78 is 34.3. The third-order valence-electron chi connectivity index (χ3n) is 11.6. The van der Waals surface area contributed by atoms with Gasteiger partial charge in [-0.2, -0.15) is 0 Å². The van der Waals surface area contributed by atoms with Crippen molar-refractivity contribution in [2.45, 2.75) is 224 Å². The molecule has 0 aromatic heterocycles. The van der Waals surface area contributed by atoms with Gasteiger partial charge in [0, 0.05) is 13.0 Å². The fraction of sp³-hybridized carbons (Fsp3) is 0.667. The van der Waals surface area contributed by atoms with Crippen molar-refractivity contribution in [3.05, 3.63) is 109 Å². The smallest absolute Gasteiger partial charge is 0.457 e. The average molecular weight is 1000 g/mol. The summed E-state index contributed by atoms with van der Waals surface area (Å²) in [4.78, 5) is 23.3. The van der Waals surface area contributed by atoms with E-state index in [2.05, 4.69) is 123 Å². The maximum Gasteiger partial charge on any atom is 0.472 e. The largest absolute Gasteiger partial charge is 0.472 e. The number of ether oxygens (including phenoxy) is 2. The highest BCUT2D eigenvalue weighted by Crippen LogP contribution is 2.47. The van der Waals surface area contributed by atoms with E-state index in [1.807, 2.05) is 0 Å². The minimum absolute atomic E-state index is 0.103. The Hall–Kier alpha value is -3.00. The number of unbranched alkanes of at least 4 members (excludes halogenated alkanes) is 14. The van der Waals surface area contributed by atoms with Crippen molar-refractivity contribution in [3.8, 4) is 0 Å². The third-order valence-corrected chi connectivity index (χ3v) is 12.6. The highest BCUT2D eigenvalue weighted by molar-refractivity contribution is 7.47. The van der Waals surface area contributed by atoms with Gasteiger partial charge < -0.3 is 39.9 Å². The van der Waals surface area contributed by atoms with Crippen molar-refractivity contribution in [2.75, 3.05) is 19.8 Å². The van der Waals surface area contributed by atoms with Gasteiger partial charge in [0.05, 0.1) is 13.2 Å². The number of carbonyl (C=O) groups is 1. The molecule has 0 spiro atoms. The molecule has 13 heteroatoms. The molecule has 1 aliphatic rings. The predicted octanol–water partition coefficient (Wildman–Crippen LogP) is 12.4. The van der Waals surface area contributed by atoms with Crippen LogP contribution < -0.4 is 0 Å². The molecule has 0 heterocycles. The lowest BCUT2D eigenvalue weighted by Crippen LogP contribution is -2.64. The number of phosphoric ester groups is 1. The maximum atomic E-state index is 12.9. The van der Waals surface area contributed by atoms with Gasteiger partial charge in [-0.1, -0.05) is 181 Å². The molecule has 6 N–H and O–H groups in total. The van der Waals surface area contributed by atoms with E-state index >= 15 is 0 Å². The van der Waals surface area contributed by atoms with Gasteiger partial charge in [0.15, 0.2) is 0 Å². The molecule has 0 aliphatic heterocycles. The molecule has 70 heavy (non-hydrogen) atoms. The van der Waals surface area contributed by atoms with Gasteiger partial charge in [-0.05, 0) is 103 Å². The van der Waals surface area contributed by atoms with Crippen LogP contribution in [0.1, 0.15) is 181 Å². The van der Waals surface area contributed by atoms with E-state index < -0.39 is 63.1 Å². The number of esters is 1. The molecule has 0 saturated heterocycles. The van der Waals surface area contributed by atoms with Crippen molar-refractivity contribution in [1.29, 1.82) is 0 Å². The van der Waals surface area contributed by atoms with Crippen LogP contribution in [-0.2, 0) is 27.9 Å². The average Bonchev–Trinajstić information content (AvgIpc) is 3.35. The Morgan fingerprint density at radius 3 is 1.29 bits per heavy atom. The molecule has 0 radical (unpaired) electrons. The molecule has 400 valence electrons. The van der Waals surface area contributed by atoms with Crippen molar-refractivity contribution in [1.82, 2.24) is 0 Å². The number of rotatable bonds is 44. The first-order chi connectivity index (χ1) is 34.0. The summed E-state index contributed by atoms with van der Waals surface area (Å²) >= 11 is 0. The zero-order valence-corrected chi connectivity index (χ0v) is 43.9. The van der Waals surface area contributed by atoms with Crippen molar-refractivity contribution < 1.29 is 58.3 Å². The van der Waals surface area contributed by atoms with Gasteiger partial charge in [-0.25, -0.2) is 4.57 Å². The summed E-state index contributed by atoms with van der Waals surface area (Å²) in [5.74, 6) is -0.502. The van der Waals surface area contributed by atoms with Crippen LogP contribution >= 0.6 is 7.82 Å². The molecule has 1 aliphatic carbocycles. The summed E-state index contributed by atoms with van der Waals surface area (Å²) in [6, 6.07) is 0. The summed E-state index contributed by atoms with van der Waals surface area (Å²) in [5.41, 5.74) is 0. The van der Waals surface area contributed by atoms with E-state index in [1.54, 1.807) is 0 Å². The zero-order chi connectivity index (χ0) is 51.2. The number of hydrogen-bond acceptors (Lipinski definition) is 11. The molecule has 1 fully saturated rings. The summed E-state index contributed by atoms with van der Waals surface area (Å²) in [5, 5.41) is 50.4. The van der Waals surface area contributed by atoms with E-state index in [0.29, 0.717) is 13.0 Å². The first kappa shape index (κ1) is 65.0. The van der Waals surface area contributed by atoms with Crippen LogP contribution in [0.25, 0.3) is 0 Å². The fourth-order valence-corrected chi connectivity index (χ4v) is 8.40.